The average molecular weight is 513 g/mol. The van der Waals surface area contributed by atoms with Crippen LogP contribution in [0, 0.1) is 17.0 Å². The Kier molecular flexibility index (Phi) is 6.45. The Hall–Kier alpha value is -2.70. The molecule has 1 aliphatic carbocycles. The van der Waals surface area contributed by atoms with Gasteiger partial charge in [-0.05, 0) is 72.6 Å². The molecule has 35 heavy (non-hydrogen) atoms. The number of hydrogen-bond acceptors (Lipinski definition) is 2. The topological polar surface area (TPSA) is 36.1 Å². The molecule has 0 aliphatic heterocycles. The molecule has 3 nitrogen and oxygen atoms in total. The highest BCUT2D eigenvalue weighted by Crippen LogP contribution is 2.39. The van der Waals surface area contributed by atoms with Crippen molar-refractivity contribution >= 4 is 39.7 Å². The lowest BCUT2D eigenvalue weighted by molar-refractivity contribution is 0.0744. The summed E-state index contributed by atoms with van der Waals surface area (Å²) in [4.78, 5) is 21.0. The van der Waals surface area contributed by atoms with E-state index in [0.29, 0.717) is 30.4 Å². The number of nitrogens with one attached hydrogen (secondary N) is 1. The van der Waals surface area contributed by atoms with E-state index in [1.54, 1.807) is 40.6 Å². The maximum absolute atomic E-state index is 15.2. The fourth-order valence-electron chi connectivity index (χ4n) is 4.88. The fourth-order valence-corrected chi connectivity index (χ4v) is 6.30. The summed E-state index contributed by atoms with van der Waals surface area (Å²) in [6.07, 6.45) is 5.41. The van der Waals surface area contributed by atoms with E-state index in [4.69, 9.17) is 11.6 Å². The van der Waals surface area contributed by atoms with Crippen molar-refractivity contribution in [2.45, 2.75) is 46.1 Å². The number of nitrogens with zero attached hydrogens (tertiary/aromatic N) is 1. The van der Waals surface area contributed by atoms with Crippen LogP contribution in [0.4, 0.5) is 8.78 Å². The number of fused-ring (bicyclic) bond motifs is 2. The highest BCUT2D eigenvalue weighted by Gasteiger charge is 2.29. The molecule has 0 spiro atoms. The van der Waals surface area contributed by atoms with Gasteiger partial charge in [0, 0.05) is 27.9 Å². The minimum Gasteiger partial charge on any atom is -0.360 e. The van der Waals surface area contributed by atoms with Crippen molar-refractivity contribution in [1.29, 1.82) is 0 Å². The average Bonchev–Trinajstić information content (AvgIpc) is 3.43. The molecule has 0 radical (unpaired) electrons. The van der Waals surface area contributed by atoms with Gasteiger partial charge in [0.1, 0.15) is 11.4 Å². The highest BCUT2D eigenvalue weighted by molar-refractivity contribution is 7.12. The van der Waals surface area contributed by atoms with Crippen molar-refractivity contribution in [2.24, 2.45) is 5.41 Å². The van der Waals surface area contributed by atoms with Gasteiger partial charge in [-0.15, -0.1) is 11.3 Å². The fraction of sp³-hybridized carbons (Fsp3) is 0.321. The van der Waals surface area contributed by atoms with Crippen LogP contribution < -0.4 is 0 Å². The molecule has 182 valence electrons. The number of H-pyrrole nitrogens is 1. The van der Waals surface area contributed by atoms with Crippen LogP contribution >= 0.6 is 22.9 Å². The second-order valence-corrected chi connectivity index (χ2v) is 11.7. The van der Waals surface area contributed by atoms with E-state index in [1.807, 2.05) is 0 Å². The molecule has 4 aromatic rings. The van der Waals surface area contributed by atoms with Crippen LogP contribution in [-0.2, 0) is 25.8 Å². The third-order valence-electron chi connectivity index (χ3n) is 6.82. The third kappa shape index (κ3) is 5.00. The van der Waals surface area contributed by atoms with E-state index < -0.39 is 11.7 Å². The zero-order chi connectivity index (χ0) is 24.7. The summed E-state index contributed by atoms with van der Waals surface area (Å²) in [6, 6.07) is 11.8. The minimum atomic E-state index is -0.717. The maximum atomic E-state index is 15.2. The molecule has 1 N–H and O–H groups in total. The lowest BCUT2D eigenvalue weighted by Crippen LogP contribution is -2.33. The van der Waals surface area contributed by atoms with Gasteiger partial charge in [0.15, 0.2) is 5.82 Å². The number of benzene rings is 2. The Morgan fingerprint density at radius 2 is 1.94 bits per heavy atom. The number of carbonyl (C=O) groups excluding carboxylic acids is 1. The Morgan fingerprint density at radius 3 is 2.71 bits per heavy atom. The lowest BCUT2D eigenvalue weighted by atomic mass is 9.77. The van der Waals surface area contributed by atoms with Gasteiger partial charge < -0.3 is 9.88 Å². The van der Waals surface area contributed by atoms with Crippen LogP contribution in [0.1, 0.15) is 51.5 Å². The second-order valence-electron chi connectivity index (χ2n) is 10.1. The first kappa shape index (κ1) is 24.0. The lowest BCUT2D eigenvalue weighted by Gasteiger charge is -2.29. The Labute approximate surface area is 212 Å². The molecular formula is C28H27ClF2N2OS. The molecule has 0 unspecified atom stereocenters. The molecule has 0 saturated heterocycles. The van der Waals surface area contributed by atoms with Gasteiger partial charge in [-0.1, -0.05) is 37.6 Å². The third-order valence-corrected chi connectivity index (χ3v) is 8.31. The number of halogens is 3. The zero-order valence-corrected chi connectivity index (χ0v) is 21.3. The standard InChI is InChI=1S/C28H27ClF2N2OS/c1-28(2)10-7-23-19(15-28)13-21(35-23)16-33(12-9-17-3-5-20(30)6-4-17)27(34)24-25(31)22(29)14-18-8-11-32-26(18)24/h3-6,8,11,13-14,32H,7,9-10,12,15-16H2,1-2H3. The zero-order valence-electron chi connectivity index (χ0n) is 19.8. The van der Waals surface area contributed by atoms with Crippen LogP contribution in [0.3, 0.4) is 0 Å². The molecule has 7 heteroatoms. The molecule has 2 aromatic heterocycles. The summed E-state index contributed by atoms with van der Waals surface area (Å²) >= 11 is 7.89. The van der Waals surface area contributed by atoms with Crippen LogP contribution in [0.5, 0.6) is 0 Å². The molecule has 2 aromatic carbocycles. The van der Waals surface area contributed by atoms with E-state index in [9.17, 15) is 9.18 Å². The largest absolute Gasteiger partial charge is 0.360 e. The van der Waals surface area contributed by atoms with Gasteiger partial charge in [0.05, 0.1) is 17.1 Å². The van der Waals surface area contributed by atoms with E-state index in [2.05, 4.69) is 24.9 Å². The number of aromatic amines is 1. The number of hydrogen-bond donors (Lipinski definition) is 1. The summed E-state index contributed by atoms with van der Waals surface area (Å²) in [5.41, 5.74) is 2.93. The summed E-state index contributed by atoms with van der Waals surface area (Å²) in [7, 11) is 0. The quantitative estimate of drug-likeness (QED) is 0.284. The van der Waals surface area contributed by atoms with Crippen LogP contribution in [0.15, 0.2) is 48.7 Å². The molecular weight excluding hydrogens is 486 g/mol. The monoisotopic (exact) mass is 512 g/mol. The second kappa shape index (κ2) is 9.40. The number of aromatic nitrogens is 1. The molecule has 2 heterocycles. The van der Waals surface area contributed by atoms with Gasteiger partial charge in [-0.2, -0.15) is 0 Å². The van der Waals surface area contributed by atoms with Crippen LogP contribution in [0.25, 0.3) is 10.9 Å². The van der Waals surface area contributed by atoms with Gasteiger partial charge >= 0.3 is 0 Å². The maximum Gasteiger partial charge on any atom is 0.259 e. The Bertz CT molecular complexity index is 1390. The van der Waals surface area contributed by atoms with Gasteiger partial charge in [0.25, 0.3) is 5.91 Å². The van der Waals surface area contributed by atoms with Crippen molar-refractivity contribution in [3.8, 4) is 0 Å². The summed E-state index contributed by atoms with van der Waals surface area (Å²) in [5, 5.41) is 0.611. The Morgan fingerprint density at radius 1 is 1.17 bits per heavy atom. The molecule has 0 bridgehead atoms. The predicted octanol–water partition coefficient (Wildman–Crippen LogP) is 7.56. The van der Waals surface area contributed by atoms with Gasteiger partial charge in [0.2, 0.25) is 0 Å². The molecule has 1 aliphatic rings. The highest BCUT2D eigenvalue weighted by atomic mass is 35.5. The van der Waals surface area contributed by atoms with Crippen LogP contribution in [0.2, 0.25) is 5.02 Å². The molecule has 1 amide bonds. The molecule has 0 fully saturated rings. The molecule has 0 atom stereocenters. The van der Waals surface area contributed by atoms with Crippen molar-refractivity contribution in [3.63, 3.8) is 0 Å². The van der Waals surface area contributed by atoms with E-state index >= 15 is 4.39 Å². The van der Waals surface area contributed by atoms with Crippen molar-refractivity contribution < 1.29 is 13.6 Å². The molecule has 5 rings (SSSR count). The van der Waals surface area contributed by atoms with E-state index in [0.717, 1.165) is 29.7 Å². The molecule has 0 saturated carbocycles. The van der Waals surface area contributed by atoms with Gasteiger partial charge in [-0.3, -0.25) is 4.79 Å². The van der Waals surface area contributed by atoms with E-state index in [1.165, 1.54) is 28.6 Å². The number of carbonyl (C=O) groups is 1. The predicted molar refractivity (Wildman–Crippen MR) is 138 cm³/mol. The smallest absolute Gasteiger partial charge is 0.259 e. The summed E-state index contributed by atoms with van der Waals surface area (Å²) < 4.78 is 28.6. The summed E-state index contributed by atoms with van der Waals surface area (Å²) in [5.74, 6) is -1.43. The first-order valence-corrected chi connectivity index (χ1v) is 13.0. The normalized spacial score (nSPS) is 14.8. The Balaban J connectivity index is 1.47. The number of thiophene rings is 1. The first-order valence-electron chi connectivity index (χ1n) is 11.8. The van der Waals surface area contributed by atoms with Crippen LogP contribution in [-0.4, -0.2) is 22.3 Å². The minimum absolute atomic E-state index is 0.0425. The summed E-state index contributed by atoms with van der Waals surface area (Å²) in [6.45, 7) is 5.32. The van der Waals surface area contributed by atoms with Crippen molar-refractivity contribution in [1.82, 2.24) is 9.88 Å². The van der Waals surface area contributed by atoms with E-state index in [-0.39, 0.29) is 21.8 Å². The first-order chi connectivity index (χ1) is 16.7. The van der Waals surface area contributed by atoms with Crippen molar-refractivity contribution in [3.05, 3.63) is 91.8 Å². The van der Waals surface area contributed by atoms with Crippen molar-refractivity contribution in [2.75, 3.05) is 6.54 Å². The number of aryl methyl sites for hydroxylation is 1. The number of amides is 1. The van der Waals surface area contributed by atoms with Gasteiger partial charge in [-0.25, -0.2) is 8.78 Å². The number of rotatable bonds is 6. The SMILES string of the molecule is CC1(C)CCc2sc(CN(CCc3ccc(F)cc3)C(=O)c3c(F)c(Cl)cc4cc[nH]c34)cc2C1.